The number of carboxylic acid groups (broad SMARTS) is 2. The molecule has 11 nitrogen and oxygen atoms in total. The molecule has 0 bridgehead atoms. The third kappa shape index (κ3) is 11.1. The highest BCUT2D eigenvalue weighted by molar-refractivity contribution is 5.93. The van der Waals surface area contributed by atoms with E-state index >= 15 is 0 Å². The first-order chi connectivity index (χ1) is 15.5. The van der Waals surface area contributed by atoms with Crippen LogP contribution in [-0.4, -0.2) is 64.5 Å². The summed E-state index contributed by atoms with van der Waals surface area (Å²) in [6.07, 6.45) is 0.100. The van der Waals surface area contributed by atoms with E-state index in [2.05, 4.69) is 16.0 Å². The molecule has 0 aliphatic heterocycles. The molecule has 0 aromatic heterocycles. The highest BCUT2D eigenvalue weighted by Gasteiger charge is 2.29. The molecule has 0 radical (unpaired) electrons. The number of nitrogens with two attached hydrogens (primary N) is 1. The molecular formula is C22H32N4O7. The van der Waals surface area contributed by atoms with Gasteiger partial charge in [-0.1, -0.05) is 44.2 Å². The fraction of sp³-hybridized carbons (Fsp3) is 0.500. The highest BCUT2D eigenvalue weighted by atomic mass is 16.4. The van der Waals surface area contributed by atoms with Crippen LogP contribution in [0, 0.1) is 5.92 Å². The maximum Gasteiger partial charge on any atom is 0.326 e. The average Bonchev–Trinajstić information content (AvgIpc) is 2.74. The number of hydrogen-bond donors (Lipinski definition) is 6. The van der Waals surface area contributed by atoms with Crippen molar-refractivity contribution >= 4 is 29.7 Å². The second-order valence-corrected chi connectivity index (χ2v) is 8.08. The Morgan fingerprint density at radius 2 is 1.55 bits per heavy atom. The SMILES string of the molecule is CC(C)C[C@H](N)C(=O)N[C@@H](CNC(=O)CCc1ccccc1)C(=O)N[C@@H](CC(=O)O)C(=O)O. The minimum Gasteiger partial charge on any atom is -0.481 e. The van der Waals surface area contributed by atoms with Crippen molar-refractivity contribution in [1.29, 1.82) is 0 Å². The molecule has 0 fully saturated rings. The minimum absolute atomic E-state index is 0.114. The summed E-state index contributed by atoms with van der Waals surface area (Å²) in [7, 11) is 0. The van der Waals surface area contributed by atoms with Crippen molar-refractivity contribution < 1.29 is 34.2 Å². The third-order valence-electron chi connectivity index (χ3n) is 4.68. The summed E-state index contributed by atoms with van der Waals surface area (Å²) < 4.78 is 0. The van der Waals surface area contributed by atoms with E-state index in [1.54, 1.807) is 0 Å². The summed E-state index contributed by atoms with van der Waals surface area (Å²) in [5.41, 5.74) is 6.80. The van der Waals surface area contributed by atoms with Gasteiger partial charge in [0.15, 0.2) is 0 Å². The molecule has 0 saturated heterocycles. The van der Waals surface area contributed by atoms with Crippen LogP contribution < -0.4 is 21.7 Å². The van der Waals surface area contributed by atoms with Gasteiger partial charge in [-0.3, -0.25) is 19.2 Å². The summed E-state index contributed by atoms with van der Waals surface area (Å²) >= 11 is 0. The van der Waals surface area contributed by atoms with Crippen LogP contribution in [0.2, 0.25) is 0 Å². The first kappa shape index (κ1) is 27.6. The van der Waals surface area contributed by atoms with Gasteiger partial charge in [-0.15, -0.1) is 0 Å². The lowest BCUT2D eigenvalue weighted by Crippen LogP contribution is -2.58. The molecule has 182 valence electrons. The molecule has 0 heterocycles. The molecule has 1 aromatic carbocycles. The van der Waals surface area contributed by atoms with E-state index in [1.165, 1.54) is 0 Å². The minimum atomic E-state index is -1.70. The zero-order chi connectivity index (χ0) is 25.0. The summed E-state index contributed by atoms with van der Waals surface area (Å²) in [6.45, 7) is 3.42. The maximum atomic E-state index is 12.6. The van der Waals surface area contributed by atoms with Crippen molar-refractivity contribution in [2.75, 3.05) is 6.54 Å². The van der Waals surface area contributed by atoms with Crippen molar-refractivity contribution in [3.8, 4) is 0 Å². The number of carbonyl (C=O) groups is 5. The van der Waals surface area contributed by atoms with Gasteiger partial charge in [0.05, 0.1) is 12.5 Å². The zero-order valence-corrected chi connectivity index (χ0v) is 18.7. The third-order valence-corrected chi connectivity index (χ3v) is 4.68. The van der Waals surface area contributed by atoms with Crippen LogP contribution in [0.5, 0.6) is 0 Å². The Bertz CT molecular complexity index is 829. The highest BCUT2D eigenvalue weighted by Crippen LogP contribution is 2.04. The number of amides is 3. The van der Waals surface area contributed by atoms with Gasteiger partial charge in [-0.2, -0.15) is 0 Å². The Labute approximate surface area is 192 Å². The molecule has 0 aliphatic carbocycles. The topological polar surface area (TPSA) is 188 Å². The molecule has 7 N–H and O–H groups in total. The van der Waals surface area contributed by atoms with Gasteiger partial charge in [-0.05, 0) is 24.3 Å². The van der Waals surface area contributed by atoms with Gasteiger partial charge < -0.3 is 31.9 Å². The maximum absolute atomic E-state index is 12.6. The standard InChI is InChI=1S/C22H32N4O7/c1-13(2)10-15(23)20(30)26-17(21(31)25-16(22(32)33)11-19(28)29)12-24-18(27)9-8-14-6-4-3-5-7-14/h3-7,13,15-17H,8-12,23H2,1-2H3,(H,24,27)(H,25,31)(H,26,30)(H,28,29)(H,32,33)/t15-,16-,17-/m0/s1. The van der Waals surface area contributed by atoms with Crippen LogP contribution in [0.25, 0.3) is 0 Å². The van der Waals surface area contributed by atoms with Crippen molar-refractivity contribution in [1.82, 2.24) is 16.0 Å². The molecule has 0 unspecified atom stereocenters. The molecule has 11 heteroatoms. The van der Waals surface area contributed by atoms with Gasteiger partial charge >= 0.3 is 11.9 Å². The van der Waals surface area contributed by atoms with E-state index in [-0.39, 0.29) is 24.8 Å². The molecule has 0 saturated carbocycles. The van der Waals surface area contributed by atoms with Gasteiger partial charge in [0.2, 0.25) is 17.7 Å². The number of rotatable bonds is 14. The fourth-order valence-corrected chi connectivity index (χ4v) is 2.96. The first-order valence-corrected chi connectivity index (χ1v) is 10.6. The van der Waals surface area contributed by atoms with Crippen molar-refractivity contribution in [3.05, 3.63) is 35.9 Å². The van der Waals surface area contributed by atoms with Crippen LogP contribution in [0.4, 0.5) is 0 Å². The molecule has 3 atom stereocenters. The quantitative estimate of drug-likeness (QED) is 0.215. The van der Waals surface area contributed by atoms with Crippen LogP contribution in [0.1, 0.15) is 38.7 Å². The molecular weight excluding hydrogens is 432 g/mol. The summed E-state index contributed by atoms with van der Waals surface area (Å²) in [6, 6.07) is 5.33. The van der Waals surface area contributed by atoms with E-state index in [0.29, 0.717) is 12.8 Å². The number of carboxylic acids is 2. The Morgan fingerprint density at radius 1 is 0.939 bits per heavy atom. The molecule has 0 spiro atoms. The number of aliphatic carboxylic acids is 2. The fourth-order valence-electron chi connectivity index (χ4n) is 2.96. The van der Waals surface area contributed by atoms with Crippen LogP contribution >= 0.6 is 0 Å². The van der Waals surface area contributed by atoms with E-state index in [9.17, 15) is 24.0 Å². The lowest BCUT2D eigenvalue weighted by molar-refractivity contribution is -0.147. The van der Waals surface area contributed by atoms with Gasteiger partial charge in [0.25, 0.3) is 0 Å². The van der Waals surface area contributed by atoms with E-state index in [0.717, 1.165) is 5.56 Å². The number of carbonyl (C=O) groups excluding carboxylic acids is 3. The van der Waals surface area contributed by atoms with Gasteiger partial charge in [0.1, 0.15) is 12.1 Å². The monoisotopic (exact) mass is 464 g/mol. The summed E-state index contributed by atoms with van der Waals surface area (Å²) in [4.78, 5) is 59.4. The van der Waals surface area contributed by atoms with Crippen molar-refractivity contribution in [2.45, 2.75) is 57.7 Å². The number of nitrogens with one attached hydrogen (secondary N) is 3. The second-order valence-electron chi connectivity index (χ2n) is 8.08. The van der Waals surface area contributed by atoms with Gasteiger partial charge in [-0.25, -0.2) is 4.79 Å². The largest absolute Gasteiger partial charge is 0.481 e. The van der Waals surface area contributed by atoms with E-state index < -0.39 is 48.3 Å². The first-order valence-electron chi connectivity index (χ1n) is 10.6. The van der Waals surface area contributed by atoms with Crippen molar-refractivity contribution in [3.63, 3.8) is 0 Å². The van der Waals surface area contributed by atoms with Crippen molar-refractivity contribution in [2.24, 2.45) is 11.7 Å². The Balaban J connectivity index is 2.81. The van der Waals surface area contributed by atoms with Gasteiger partial charge in [0, 0.05) is 13.0 Å². The Hall–Kier alpha value is -3.47. The molecule has 1 rings (SSSR count). The Kier molecular flexibility index (Phi) is 11.6. The van der Waals surface area contributed by atoms with Crippen LogP contribution in [-0.2, 0) is 30.4 Å². The second kappa shape index (κ2) is 13.8. The lowest BCUT2D eigenvalue weighted by Gasteiger charge is -2.23. The lowest BCUT2D eigenvalue weighted by atomic mass is 10.0. The molecule has 1 aromatic rings. The number of aryl methyl sites for hydroxylation is 1. The normalized spacial score (nSPS) is 13.5. The molecule has 3 amide bonds. The smallest absolute Gasteiger partial charge is 0.326 e. The van der Waals surface area contributed by atoms with E-state index in [1.807, 2.05) is 44.2 Å². The number of benzene rings is 1. The molecule has 0 aliphatic rings. The predicted octanol–water partition coefficient (Wildman–Crippen LogP) is -0.362. The van der Waals surface area contributed by atoms with Crippen LogP contribution in [0.3, 0.4) is 0 Å². The predicted molar refractivity (Wildman–Crippen MR) is 119 cm³/mol. The Morgan fingerprint density at radius 3 is 2.09 bits per heavy atom. The summed E-state index contributed by atoms with van der Waals surface area (Å²) in [5, 5.41) is 25.1. The molecule has 33 heavy (non-hydrogen) atoms. The zero-order valence-electron chi connectivity index (χ0n) is 18.7. The van der Waals surface area contributed by atoms with E-state index in [4.69, 9.17) is 15.9 Å². The summed E-state index contributed by atoms with van der Waals surface area (Å²) in [5.74, 6) is -4.82. The number of hydrogen-bond acceptors (Lipinski definition) is 6. The average molecular weight is 465 g/mol. The van der Waals surface area contributed by atoms with Crippen LogP contribution in [0.15, 0.2) is 30.3 Å².